The molecule has 0 bridgehead atoms. The molecule has 0 unspecified atom stereocenters. The van der Waals surface area contributed by atoms with Crippen LogP contribution in [0.15, 0.2) is 52.4 Å². The van der Waals surface area contributed by atoms with Crippen molar-refractivity contribution >= 4 is 24.3 Å². The highest BCUT2D eigenvalue weighted by molar-refractivity contribution is 7.71. The number of carbonyl (C=O) groups excluding carboxylic acids is 1. The van der Waals surface area contributed by atoms with Gasteiger partial charge in [0.1, 0.15) is 22.8 Å². The molecule has 2 aromatic carbocycles. The Bertz CT molecular complexity index is 1280. The zero-order valence-electron chi connectivity index (χ0n) is 16.4. The number of H-pyrrole nitrogens is 1. The van der Waals surface area contributed by atoms with Crippen LogP contribution in [0.2, 0.25) is 0 Å². The molecule has 11 heteroatoms. The van der Waals surface area contributed by atoms with E-state index in [1.54, 1.807) is 30.3 Å². The molecule has 0 saturated heterocycles. The van der Waals surface area contributed by atoms with Crippen LogP contribution in [0.4, 0.5) is 0 Å². The van der Waals surface area contributed by atoms with E-state index < -0.39 is 17.3 Å². The summed E-state index contributed by atoms with van der Waals surface area (Å²) in [5, 5.41) is 24.2. The molecule has 0 radical (unpaired) electrons. The molecule has 0 aliphatic carbocycles. The van der Waals surface area contributed by atoms with Gasteiger partial charge in [0.25, 0.3) is 11.5 Å². The van der Waals surface area contributed by atoms with Crippen molar-refractivity contribution in [2.24, 2.45) is 5.10 Å². The van der Waals surface area contributed by atoms with Gasteiger partial charge in [0.15, 0.2) is 4.77 Å². The quantitative estimate of drug-likeness (QED) is 0.260. The van der Waals surface area contributed by atoms with Crippen molar-refractivity contribution in [1.29, 1.82) is 0 Å². The molecule has 3 aromatic rings. The van der Waals surface area contributed by atoms with Crippen molar-refractivity contribution in [3.63, 3.8) is 0 Å². The van der Waals surface area contributed by atoms with E-state index >= 15 is 0 Å². The third-order valence-electron chi connectivity index (χ3n) is 4.26. The van der Waals surface area contributed by atoms with E-state index in [-0.39, 0.29) is 21.6 Å². The molecule has 1 amide bonds. The first-order valence-electron chi connectivity index (χ1n) is 8.79. The molecular weight excluding hydrogens is 424 g/mol. The van der Waals surface area contributed by atoms with Gasteiger partial charge in [0.05, 0.1) is 31.7 Å². The van der Waals surface area contributed by atoms with Crippen molar-refractivity contribution in [3.05, 3.63) is 68.7 Å². The maximum absolute atomic E-state index is 12.3. The lowest BCUT2D eigenvalue weighted by molar-refractivity contribution is 0.0952. The van der Waals surface area contributed by atoms with Crippen molar-refractivity contribution in [2.75, 3.05) is 14.2 Å². The Balaban J connectivity index is 2.01. The largest absolute Gasteiger partial charge is 0.507 e. The lowest BCUT2D eigenvalue weighted by Crippen LogP contribution is -2.21. The number of benzene rings is 2. The van der Waals surface area contributed by atoms with Crippen molar-refractivity contribution in [1.82, 2.24) is 15.0 Å². The van der Waals surface area contributed by atoms with Gasteiger partial charge in [-0.05, 0) is 36.5 Å². The molecular formula is C20H18N4O6S. The number of aromatic amines is 1. The summed E-state index contributed by atoms with van der Waals surface area (Å²) in [4.78, 5) is 26.9. The molecule has 0 atom stereocenters. The number of carbonyl (C=O) groups is 1. The third-order valence-corrected chi connectivity index (χ3v) is 4.54. The highest BCUT2D eigenvalue weighted by atomic mass is 32.1. The van der Waals surface area contributed by atoms with Crippen molar-refractivity contribution in [2.45, 2.75) is 0 Å². The number of para-hydroxylation sites is 1. The Kier molecular flexibility index (Phi) is 6.36. The summed E-state index contributed by atoms with van der Waals surface area (Å²) in [5.74, 6) is -0.633. The number of phenols is 1. The van der Waals surface area contributed by atoms with E-state index in [0.717, 1.165) is 6.21 Å². The number of hydrogen-bond donors (Lipinski definition) is 4. The van der Waals surface area contributed by atoms with Crippen LogP contribution in [-0.4, -0.2) is 46.1 Å². The van der Waals surface area contributed by atoms with E-state index in [0.29, 0.717) is 17.2 Å². The molecule has 0 spiro atoms. The average molecular weight is 442 g/mol. The molecule has 160 valence electrons. The highest BCUT2D eigenvalue weighted by Crippen LogP contribution is 2.30. The van der Waals surface area contributed by atoms with Gasteiger partial charge >= 0.3 is 0 Å². The van der Waals surface area contributed by atoms with Gasteiger partial charge in [-0.2, -0.15) is 5.10 Å². The molecule has 0 aliphatic rings. The molecule has 0 saturated carbocycles. The molecule has 10 nitrogen and oxygen atoms in total. The van der Waals surface area contributed by atoms with E-state index in [1.807, 2.05) is 0 Å². The van der Waals surface area contributed by atoms with Crippen LogP contribution in [0.25, 0.3) is 5.69 Å². The standard InChI is InChI=1S/C20H18N4O6S/c1-29-11-7-8-16(30-2)14(9-11)24-19(28)13(17(26)22-20(24)31)10-21-23-18(27)12-5-3-4-6-15(12)25/h3-10,25,28H,1-2H3,(H,23,27)(H,22,26,31)/b21-10+. The van der Waals surface area contributed by atoms with E-state index in [9.17, 15) is 19.8 Å². The predicted octanol–water partition coefficient (Wildman–Crippen LogP) is 2.09. The minimum Gasteiger partial charge on any atom is -0.507 e. The number of rotatable bonds is 6. The first-order valence-corrected chi connectivity index (χ1v) is 9.20. The summed E-state index contributed by atoms with van der Waals surface area (Å²) in [5.41, 5.74) is 1.50. The maximum atomic E-state index is 12.3. The van der Waals surface area contributed by atoms with Gasteiger partial charge in [0.2, 0.25) is 5.88 Å². The van der Waals surface area contributed by atoms with Crippen LogP contribution < -0.4 is 20.5 Å². The minimum atomic E-state index is -0.721. The predicted molar refractivity (Wildman–Crippen MR) is 115 cm³/mol. The Morgan fingerprint density at radius 3 is 2.61 bits per heavy atom. The zero-order valence-corrected chi connectivity index (χ0v) is 17.3. The summed E-state index contributed by atoms with van der Waals surface area (Å²) in [7, 11) is 2.91. The number of aromatic hydroxyl groups is 2. The van der Waals surface area contributed by atoms with Crippen LogP contribution in [-0.2, 0) is 0 Å². The van der Waals surface area contributed by atoms with Gasteiger partial charge in [-0.3, -0.25) is 19.1 Å². The highest BCUT2D eigenvalue weighted by Gasteiger charge is 2.17. The SMILES string of the molecule is COc1ccc(OC)c(-n2c(O)c(/C=N/NC(=O)c3ccccc3O)c(=O)[nH]c2=S)c1. The van der Waals surface area contributed by atoms with Gasteiger partial charge in [0, 0.05) is 6.07 Å². The first kappa shape index (κ1) is 21.6. The number of methoxy groups -OCH3 is 2. The number of hydrogen-bond acceptors (Lipinski definition) is 8. The average Bonchev–Trinajstić information content (AvgIpc) is 2.75. The number of nitrogens with zero attached hydrogens (tertiary/aromatic N) is 2. The van der Waals surface area contributed by atoms with Gasteiger partial charge in [-0.25, -0.2) is 5.43 Å². The normalized spacial score (nSPS) is 10.8. The molecule has 0 aliphatic heterocycles. The third kappa shape index (κ3) is 4.41. The fraction of sp³-hybridized carbons (Fsp3) is 0.100. The van der Waals surface area contributed by atoms with Crippen LogP contribution in [0, 0.1) is 4.77 Å². The Hall–Kier alpha value is -4.12. The van der Waals surface area contributed by atoms with Gasteiger partial charge < -0.3 is 19.7 Å². The van der Waals surface area contributed by atoms with Gasteiger partial charge in [-0.1, -0.05) is 12.1 Å². The number of phenolic OH excluding ortho intramolecular Hbond substituents is 1. The molecule has 0 fully saturated rings. The molecule has 1 aromatic heterocycles. The van der Waals surface area contributed by atoms with Crippen molar-refractivity contribution < 1.29 is 24.5 Å². The Morgan fingerprint density at radius 2 is 1.94 bits per heavy atom. The van der Waals surface area contributed by atoms with Gasteiger partial charge in [-0.15, -0.1) is 0 Å². The fourth-order valence-electron chi connectivity index (χ4n) is 2.73. The Labute approximate surface area is 181 Å². The summed E-state index contributed by atoms with van der Waals surface area (Å²) >= 11 is 5.20. The van der Waals surface area contributed by atoms with Crippen molar-refractivity contribution in [3.8, 4) is 28.8 Å². The lowest BCUT2D eigenvalue weighted by atomic mass is 10.2. The molecule has 31 heavy (non-hydrogen) atoms. The molecule has 4 N–H and O–H groups in total. The topological polar surface area (TPSA) is 138 Å². The summed E-state index contributed by atoms with van der Waals surface area (Å²) in [6, 6.07) is 10.7. The van der Waals surface area contributed by atoms with Crippen LogP contribution in [0.3, 0.4) is 0 Å². The second kappa shape index (κ2) is 9.13. The lowest BCUT2D eigenvalue weighted by Gasteiger charge is -2.15. The van der Waals surface area contributed by atoms with Crippen LogP contribution in [0.5, 0.6) is 23.1 Å². The molecule has 1 heterocycles. The second-order valence-electron chi connectivity index (χ2n) is 6.09. The number of aromatic nitrogens is 2. The number of nitrogens with one attached hydrogen (secondary N) is 2. The maximum Gasteiger partial charge on any atom is 0.275 e. The summed E-state index contributed by atoms with van der Waals surface area (Å²) in [6.07, 6.45) is 0.962. The molecule has 3 rings (SSSR count). The first-order chi connectivity index (χ1) is 14.9. The zero-order chi connectivity index (χ0) is 22.5. The van der Waals surface area contributed by atoms with E-state index in [2.05, 4.69) is 15.5 Å². The number of amides is 1. The number of ether oxygens (including phenoxy) is 2. The smallest absolute Gasteiger partial charge is 0.275 e. The number of hydrazone groups is 1. The van der Waals surface area contributed by atoms with E-state index in [1.165, 1.54) is 30.9 Å². The Morgan fingerprint density at radius 1 is 1.19 bits per heavy atom. The fourth-order valence-corrected chi connectivity index (χ4v) is 3.01. The van der Waals surface area contributed by atoms with E-state index in [4.69, 9.17) is 21.7 Å². The second-order valence-corrected chi connectivity index (χ2v) is 6.47. The monoisotopic (exact) mass is 442 g/mol. The summed E-state index contributed by atoms with van der Waals surface area (Å²) < 4.78 is 11.6. The van der Waals surface area contributed by atoms with Crippen LogP contribution >= 0.6 is 12.2 Å². The summed E-state index contributed by atoms with van der Waals surface area (Å²) in [6.45, 7) is 0. The minimum absolute atomic E-state index is 0.00475. The van der Waals surface area contributed by atoms with Crippen LogP contribution in [0.1, 0.15) is 15.9 Å².